The van der Waals surface area contributed by atoms with Crippen LogP contribution < -0.4 is 32.9 Å². The van der Waals surface area contributed by atoms with Gasteiger partial charge in [-0.2, -0.15) is 0 Å². The summed E-state index contributed by atoms with van der Waals surface area (Å²) in [5, 5.41) is 5.87. The number of amides is 5. The van der Waals surface area contributed by atoms with Crippen LogP contribution in [0, 0.1) is 11.6 Å². The molecule has 8 heterocycles. The first-order valence-electron chi connectivity index (χ1n) is 31.2. The number of halogens is 2. The van der Waals surface area contributed by atoms with Crippen molar-refractivity contribution in [1.29, 1.82) is 0 Å². The molecule has 8 rings (SSSR count). The normalized spacial score (nSPS) is 15.9. The van der Waals surface area contributed by atoms with Gasteiger partial charge in [-0.1, -0.05) is 6.07 Å². The third kappa shape index (κ3) is 29.0. The molecule has 0 unspecified atom stereocenters. The van der Waals surface area contributed by atoms with Gasteiger partial charge in [0, 0.05) is 133 Å². The fraction of sp³-hybridized carbons (Fsp3) is 0.662. The number of rotatable bonds is 0. The Kier molecular flexibility index (Phi) is 31.2. The van der Waals surface area contributed by atoms with E-state index in [2.05, 4.69) is 77.9 Å². The van der Waals surface area contributed by atoms with Gasteiger partial charge >= 0.3 is 6.03 Å². The molecule has 0 saturated carbocycles. The number of nitrogens with zero attached hydrogens (tertiary/aromatic N) is 9. The van der Waals surface area contributed by atoms with Crippen molar-refractivity contribution in [2.75, 3.05) is 59.0 Å². The van der Waals surface area contributed by atoms with Crippen LogP contribution in [0.5, 0.6) is 0 Å². The molecule has 4 aliphatic rings. The topological polar surface area (TPSA) is 215 Å². The van der Waals surface area contributed by atoms with Gasteiger partial charge in [0.2, 0.25) is 17.7 Å². The molecule has 4 saturated heterocycles. The Morgan fingerprint density at radius 2 is 0.933 bits per heavy atom. The molecule has 0 aliphatic carbocycles. The highest BCUT2D eigenvalue weighted by Gasteiger charge is 2.31. The smallest absolute Gasteiger partial charge is 0.317 e. The van der Waals surface area contributed by atoms with E-state index in [1.54, 1.807) is 39.9 Å². The van der Waals surface area contributed by atoms with Gasteiger partial charge in [-0.05, 0) is 210 Å². The van der Waals surface area contributed by atoms with Crippen molar-refractivity contribution in [3.63, 3.8) is 0 Å². The quantitative estimate of drug-likeness (QED) is 0.169. The first-order chi connectivity index (χ1) is 40.9. The van der Waals surface area contributed by atoms with Gasteiger partial charge in [-0.25, -0.2) is 13.6 Å². The Morgan fingerprint density at radius 1 is 0.444 bits per heavy atom. The van der Waals surface area contributed by atoms with Crippen LogP contribution in [-0.2, 0) is 41.3 Å². The summed E-state index contributed by atoms with van der Waals surface area (Å²) in [7, 11) is 0. The average Bonchev–Trinajstić information content (AvgIpc) is 1.34. The standard InChI is InChI=1S/2C9H12FNO.C9H17NO.C9H13NO.C8H16N2O.C8H12N2O.C8H16N2O.C8H15NO2/c1-9(2,3)11-6-7(10)4-5-8(11)12;1-9(2,3)11-6-4-5-7(10)8(11)12;2*1-9(2,3)10-7-5-4-6-8(10)11;2*1-8(2,3)10-5-4-9-6-7(10)11;1-8(2,3)10-6-4-5-9-7(10)11;1-8(2,3)9-4-5-11-6-7(9)10/h2*4-6H,1-3H3;4-7H2,1-3H3;4-7H,1-3H3;9H,4-6H2,1-3H3;4-6H,1-3H3;4-6H2,1-3H3,(H,9,11);4-6H2,1-3H3. The molecule has 4 aromatic rings. The number of carbonyl (C=O) groups is 4. The summed E-state index contributed by atoms with van der Waals surface area (Å²) in [6.45, 7) is 54.4. The van der Waals surface area contributed by atoms with E-state index in [1.165, 1.54) is 52.2 Å². The zero-order valence-corrected chi connectivity index (χ0v) is 59.2. The predicted molar refractivity (Wildman–Crippen MR) is 357 cm³/mol. The third-order valence-corrected chi connectivity index (χ3v) is 13.9. The number of carbonyl (C=O) groups excluding carboxylic acids is 4. The summed E-state index contributed by atoms with van der Waals surface area (Å²) in [5.74, 6) is -0.451. The molecule has 0 atom stereocenters. The molecular weight excluding hydrogens is 1150 g/mol. The Morgan fingerprint density at radius 3 is 1.31 bits per heavy atom. The van der Waals surface area contributed by atoms with Crippen LogP contribution in [0.3, 0.4) is 0 Å². The number of urea groups is 1. The number of morpholine rings is 1. The van der Waals surface area contributed by atoms with Gasteiger partial charge in [0.25, 0.3) is 22.2 Å². The number of pyridine rings is 3. The minimum atomic E-state index is -0.701. The van der Waals surface area contributed by atoms with Crippen LogP contribution in [0.1, 0.15) is 192 Å². The maximum Gasteiger partial charge on any atom is 0.317 e. The van der Waals surface area contributed by atoms with E-state index in [4.69, 9.17) is 4.74 Å². The van der Waals surface area contributed by atoms with Gasteiger partial charge in [0.05, 0.1) is 19.3 Å². The van der Waals surface area contributed by atoms with E-state index < -0.39 is 11.4 Å². The summed E-state index contributed by atoms with van der Waals surface area (Å²) < 4.78 is 36.6. The van der Waals surface area contributed by atoms with E-state index in [0.717, 1.165) is 58.5 Å². The fourth-order valence-corrected chi connectivity index (χ4v) is 9.19. The van der Waals surface area contributed by atoms with Gasteiger partial charge < -0.3 is 53.2 Å². The second-order valence-electron chi connectivity index (χ2n) is 30.2. The molecule has 20 nitrogen and oxygen atoms in total. The van der Waals surface area contributed by atoms with Crippen LogP contribution in [-0.4, -0.2) is 148 Å². The second-order valence-corrected chi connectivity index (χ2v) is 30.2. The largest absolute Gasteiger partial charge is 0.370 e. The maximum absolute atomic E-state index is 12.8. The second kappa shape index (κ2) is 34.6. The Labute approximate surface area is 535 Å². The molecule has 4 aliphatic heterocycles. The molecule has 0 radical (unpaired) electrons. The van der Waals surface area contributed by atoms with Gasteiger partial charge in [0.15, 0.2) is 5.82 Å². The average molecular weight is 1270 g/mol. The van der Waals surface area contributed by atoms with Crippen molar-refractivity contribution in [3.05, 3.63) is 133 Å². The number of hydrogen-bond acceptors (Lipinski definition) is 11. The summed E-state index contributed by atoms with van der Waals surface area (Å²) in [5.41, 5.74) is -1.81. The summed E-state index contributed by atoms with van der Waals surface area (Å²) in [6, 6.07) is 10.4. The number of aromatic nitrogens is 5. The lowest BCUT2D eigenvalue weighted by molar-refractivity contribution is -0.148. The molecule has 0 bridgehead atoms. The first-order valence-corrected chi connectivity index (χ1v) is 31.2. The lowest BCUT2D eigenvalue weighted by Gasteiger charge is -2.38. The van der Waals surface area contributed by atoms with Crippen LogP contribution in [0.25, 0.3) is 0 Å². The Hall–Kier alpha value is -6.81. The molecule has 2 N–H and O–H groups in total. The molecule has 4 aromatic heterocycles. The van der Waals surface area contributed by atoms with Gasteiger partial charge in [-0.3, -0.25) is 38.5 Å². The van der Waals surface area contributed by atoms with Crippen molar-refractivity contribution in [3.8, 4) is 0 Å². The van der Waals surface area contributed by atoms with Crippen molar-refractivity contribution in [2.24, 2.45) is 0 Å². The van der Waals surface area contributed by atoms with E-state index >= 15 is 0 Å². The predicted octanol–water partition coefficient (Wildman–Crippen LogP) is 9.94. The lowest BCUT2D eigenvalue weighted by Crippen LogP contribution is -2.55. The van der Waals surface area contributed by atoms with Crippen LogP contribution >= 0.6 is 0 Å². The SMILES string of the molecule is CC(C)(C)N1CCCCC1=O.CC(C)(C)N1CCCNC1=O.CC(C)(C)N1CCNCC1=O.CC(C)(C)N1CCOCC1=O.CC(C)(C)n1cc(F)ccc1=O.CC(C)(C)n1cccc(F)c1=O.CC(C)(C)n1ccccc1=O.CC(C)(C)n1ccncc1=O. The highest BCUT2D eigenvalue weighted by molar-refractivity contribution is 5.80. The Bertz CT molecular complexity index is 2900. The number of hydrogen-bond donors (Lipinski definition) is 2. The number of likely N-dealkylation sites (tertiary alicyclic amines) is 1. The monoisotopic (exact) mass is 1270 g/mol. The van der Waals surface area contributed by atoms with Crippen molar-refractivity contribution < 1.29 is 32.7 Å². The van der Waals surface area contributed by atoms with Crippen LogP contribution in [0.4, 0.5) is 13.6 Å². The number of piperazine rings is 1. The molecule has 5 amide bonds. The highest BCUT2D eigenvalue weighted by Crippen LogP contribution is 2.21. The minimum absolute atomic E-state index is 0.0147. The summed E-state index contributed by atoms with van der Waals surface area (Å²) in [6.07, 6.45) is 13.3. The Balaban J connectivity index is 0.000000514. The van der Waals surface area contributed by atoms with E-state index in [-0.39, 0.29) is 91.3 Å². The molecule has 90 heavy (non-hydrogen) atoms. The molecule has 0 aromatic carbocycles. The van der Waals surface area contributed by atoms with E-state index in [0.29, 0.717) is 19.1 Å². The third-order valence-electron chi connectivity index (χ3n) is 13.9. The number of piperidine rings is 1. The maximum atomic E-state index is 12.8. The van der Waals surface area contributed by atoms with Crippen molar-refractivity contribution in [2.45, 2.75) is 236 Å². The number of nitrogens with one attached hydrogen (secondary N) is 2. The molecule has 508 valence electrons. The minimum Gasteiger partial charge on any atom is -0.370 e. The van der Waals surface area contributed by atoms with E-state index in [9.17, 15) is 47.1 Å². The molecular formula is C68H113F2N11O9. The van der Waals surface area contributed by atoms with Crippen LogP contribution in [0.15, 0.2) is 98.8 Å². The first kappa shape index (κ1) is 81.2. The van der Waals surface area contributed by atoms with Crippen LogP contribution in [0.2, 0.25) is 0 Å². The summed E-state index contributed by atoms with van der Waals surface area (Å²) >= 11 is 0. The van der Waals surface area contributed by atoms with E-state index in [1.807, 2.05) is 136 Å². The number of ether oxygens (including phenoxy) is 1. The lowest BCUT2D eigenvalue weighted by atomic mass is 10.0. The molecule has 22 heteroatoms. The van der Waals surface area contributed by atoms with Crippen molar-refractivity contribution in [1.82, 2.24) is 53.5 Å². The molecule has 0 spiro atoms. The highest BCUT2D eigenvalue weighted by atomic mass is 19.1. The van der Waals surface area contributed by atoms with Crippen molar-refractivity contribution >= 4 is 23.8 Å². The zero-order valence-electron chi connectivity index (χ0n) is 59.2. The fourth-order valence-electron chi connectivity index (χ4n) is 9.19. The van der Waals surface area contributed by atoms with Gasteiger partial charge in [-0.15, -0.1) is 0 Å². The molecule has 4 fully saturated rings. The van der Waals surface area contributed by atoms with Gasteiger partial charge in [0.1, 0.15) is 12.4 Å². The zero-order chi connectivity index (χ0) is 69.6. The summed E-state index contributed by atoms with van der Waals surface area (Å²) in [4.78, 5) is 101.